The van der Waals surface area contributed by atoms with E-state index in [9.17, 15) is 9.59 Å². The molecule has 0 aliphatic heterocycles. The number of benzene rings is 1. The van der Waals surface area contributed by atoms with Crippen molar-refractivity contribution < 1.29 is 14.7 Å². The number of nitrogens with zero attached hydrogens (tertiary/aromatic N) is 2. The fourth-order valence-electron chi connectivity index (χ4n) is 3.27. The van der Waals surface area contributed by atoms with Gasteiger partial charge in [-0.25, -0.2) is 4.79 Å². The molecule has 1 aromatic rings. The first-order chi connectivity index (χ1) is 11.8. The van der Waals surface area contributed by atoms with Gasteiger partial charge in [0.1, 0.15) is 0 Å². The zero-order valence-corrected chi connectivity index (χ0v) is 15.6. The Balaban J connectivity index is 1.81. The van der Waals surface area contributed by atoms with Gasteiger partial charge in [-0.2, -0.15) is 0 Å². The molecular weight excluding hydrogens is 318 g/mol. The largest absolute Gasteiger partial charge is 0.480 e. The van der Waals surface area contributed by atoms with E-state index in [0.29, 0.717) is 13.1 Å². The summed E-state index contributed by atoms with van der Waals surface area (Å²) < 4.78 is 0. The highest BCUT2D eigenvalue weighted by atomic mass is 16.4. The SMILES string of the molecule is CCN(CC(=O)O)C1CC(NC(=O)N(C)Cc2cccc(C)c2C)C1. The van der Waals surface area contributed by atoms with Crippen LogP contribution in [0.5, 0.6) is 0 Å². The lowest BCUT2D eigenvalue weighted by Gasteiger charge is -2.42. The predicted octanol–water partition coefficient (Wildman–Crippen LogP) is 2.38. The molecule has 1 aliphatic rings. The number of aryl methyl sites for hydroxylation is 1. The maximum Gasteiger partial charge on any atom is 0.317 e. The van der Waals surface area contributed by atoms with E-state index in [-0.39, 0.29) is 24.7 Å². The number of aliphatic carboxylic acids is 1. The second-order valence-electron chi connectivity index (χ2n) is 6.94. The lowest BCUT2D eigenvalue weighted by atomic mass is 9.85. The molecule has 1 aromatic carbocycles. The number of carbonyl (C=O) groups excluding carboxylic acids is 1. The highest BCUT2D eigenvalue weighted by Gasteiger charge is 2.35. The molecule has 0 aromatic heterocycles. The van der Waals surface area contributed by atoms with Gasteiger partial charge < -0.3 is 15.3 Å². The summed E-state index contributed by atoms with van der Waals surface area (Å²) in [6.07, 6.45) is 1.62. The van der Waals surface area contributed by atoms with Crippen LogP contribution in [0.4, 0.5) is 4.79 Å². The molecule has 0 heterocycles. The number of hydrogen-bond donors (Lipinski definition) is 2. The minimum atomic E-state index is -0.803. The Morgan fingerprint density at radius 3 is 2.56 bits per heavy atom. The molecular formula is C19H29N3O3. The van der Waals surface area contributed by atoms with Crippen molar-refractivity contribution in [2.45, 2.75) is 52.2 Å². The quantitative estimate of drug-likeness (QED) is 0.794. The van der Waals surface area contributed by atoms with Gasteiger partial charge in [0.15, 0.2) is 0 Å². The van der Waals surface area contributed by atoms with Gasteiger partial charge in [0, 0.05) is 25.7 Å². The van der Waals surface area contributed by atoms with E-state index in [1.165, 1.54) is 11.1 Å². The van der Waals surface area contributed by atoms with Gasteiger partial charge >= 0.3 is 12.0 Å². The van der Waals surface area contributed by atoms with E-state index >= 15 is 0 Å². The van der Waals surface area contributed by atoms with Crippen LogP contribution in [-0.4, -0.2) is 59.1 Å². The Morgan fingerprint density at radius 2 is 1.96 bits per heavy atom. The molecule has 0 bridgehead atoms. The number of carbonyl (C=O) groups is 2. The van der Waals surface area contributed by atoms with Gasteiger partial charge in [-0.1, -0.05) is 25.1 Å². The molecule has 25 heavy (non-hydrogen) atoms. The highest BCUT2D eigenvalue weighted by Crippen LogP contribution is 2.25. The minimum absolute atomic E-state index is 0.0639. The Morgan fingerprint density at radius 1 is 1.28 bits per heavy atom. The molecule has 1 fully saturated rings. The Labute approximate surface area is 149 Å². The van der Waals surface area contributed by atoms with Crippen molar-refractivity contribution in [1.82, 2.24) is 15.1 Å². The van der Waals surface area contributed by atoms with E-state index in [1.807, 2.05) is 17.9 Å². The number of nitrogens with one attached hydrogen (secondary N) is 1. The van der Waals surface area contributed by atoms with Crippen LogP contribution in [0.1, 0.15) is 36.5 Å². The molecule has 6 nitrogen and oxygen atoms in total. The summed E-state index contributed by atoms with van der Waals surface area (Å²) in [6, 6.07) is 6.44. The normalized spacial score (nSPS) is 19.4. The van der Waals surface area contributed by atoms with Gasteiger partial charge in [-0.15, -0.1) is 0 Å². The van der Waals surface area contributed by atoms with Crippen LogP contribution in [0.3, 0.4) is 0 Å². The summed E-state index contributed by atoms with van der Waals surface area (Å²) in [4.78, 5) is 26.9. The maximum atomic E-state index is 12.4. The number of amides is 2. The van der Waals surface area contributed by atoms with Crippen LogP contribution in [0.2, 0.25) is 0 Å². The minimum Gasteiger partial charge on any atom is -0.480 e. The Bertz CT molecular complexity index is 626. The first-order valence-corrected chi connectivity index (χ1v) is 8.84. The van der Waals surface area contributed by atoms with Crippen LogP contribution >= 0.6 is 0 Å². The molecule has 0 saturated heterocycles. The molecule has 2 amide bonds. The van der Waals surface area contributed by atoms with Crippen LogP contribution < -0.4 is 5.32 Å². The number of likely N-dealkylation sites (N-methyl/N-ethyl adjacent to an activating group) is 1. The highest BCUT2D eigenvalue weighted by molar-refractivity contribution is 5.74. The average molecular weight is 347 g/mol. The molecule has 2 rings (SSSR count). The summed E-state index contributed by atoms with van der Waals surface area (Å²) in [5.74, 6) is -0.803. The third-order valence-electron chi connectivity index (χ3n) is 5.17. The van der Waals surface area contributed by atoms with Gasteiger partial charge in [0.2, 0.25) is 0 Å². The maximum absolute atomic E-state index is 12.4. The average Bonchev–Trinajstić information content (AvgIpc) is 2.52. The first-order valence-electron chi connectivity index (χ1n) is 8.84. The van der Waals surface area contributed by atoms with Crippen LogP contribution in [-0.2, 0) is 11.3 Å². The van der Waals surface area contributed by atoms with Crippen molar-refractivity contribution in [2.75, 3.05) is 20.1 Å². The lowest BCUT2D eigenvalue weighted by molar-refractivity contribution is -0.139. The van der Waals surface area contributed by atoms with Crippen molar-refractivity contribution >= 4 is 12.0 Å². The van der Waals surface area contributed by atoms with E-state index in [1.54, 1.807) is 11.9 Å². The smallest absolute Gasteiger partial charge is 0.317 e. The molecule has 1 aliphatic carbocycles. The van der Waals surface area contributed by atoms with Gasteiger partial charge in [-0.3, -0.25) is 9.69 Å². The van der Waals surface area contributed by atoms with E-state index in [0.717, 1.165) is 18.4 Å². The monoisotopic (exact) mass is 347 g/mol. The molecule has 1 saturated carbocycles. The van der Waals surface area contributed by atoms with Crippen molar-refractivity contribution in [1.29, 1.82) is 0 Å². The van der Waals surface area contributed by atoms with Crippen LogP contribution in [0, 0.1) is 13.8 Å². The fourth-order valence-corrected chi connectivity index (χ4v) is 3.27. The number of carboxylic acid groups (broad SMARTS) is 1. The van der Waals surface area contributed by atoms with Crippen LogP contribution in [0.25, 0.3) is 0 Å². The number of carboxylic acids is 1. The zero-order chi connectivity index (χ0) is 18.6. The van der Waals surface area contributed by atoms with Crippen molar-refractivity contribution in [3.8, 4) is 0 Å². The number of urea groups is 1. The summed E-state index contributed by atoms with van der Waals surface area (Å²) in [5, 5.41) is 12.0. The molecule has 0 radical (unpaired) electrons. The zero-order valence-electron chi connectivity index (χ0n) is 15.6. The first kappa shape index (κ1) is 19.2. The van der Waals surface area contributed by atoms with Gasteiger partial charge in [0.25, 0.3) is 0 Å². The Kier molecular flexibility index (Phi) is 6.42. The molecule has 0 spiro atoms. The Hall–Kier alpha value is -2.08. The topological polar surface area (TPSA) is 72.9 Å². The number of hydrogen-bond acceptors (Lipinski definition) is 3. The summed E-state index contributed by atoms with van der Waals surface area (Å²) in [5.41, 5.74) is 3.60. The van der Waals surface area contributed by atoms with E-state index in [4.69, 9.17) is 5.11 Å². The van der Waals surface area contributed by atoms with Crippen LogP contribution in [0.15, 0.2) is 18.2 Å². The third-order valence-corrected chi connectivity index (χ3v) is 5.17. The molecule has 2 N–H and O–H groups in total. The lowest BCUT2D eigenvalue weighted by Crippen LogP contribution is -2.56. The van der Waals surface area contributed by atoms with Crippen molar-refractivity contribution in [3.05, 3.63) is 34.9 Å². The van der Waals surface area contributed by atoms with Crippen molar-refractivity contribution in [3.63, 3.8) is 0 Å². The van der Waals surface area contributed by atoms with E-state index in [2.05, 4.69) is 31.3 Å². The summed E-state index contributed by atoms with van der Waals surface area (Å²) in [6.45, 7) is 7.47. The molecule has 0 unspecified atom stereocenters. The van der Waals surface area contributed by atoms with Gasteiger partial charge in [-0.05, 0) is 49.9 Å². The second-order valence-corrected chi connectivity index (χ2v) is 6.94. The third kappa shape index (κ3) is 4.95. The molecule has 6 heteroatoms. The summed E-state index contributed by atoms with van der Waals surface area (Å²) in [7, 11) is 1.80. The fraction of sp³-hybridized carbons (Fsp3) is 0.579. The van der Waals surface area contributed by atoms with E-state index < -0.39 is 5.97 Å². The van der Waals surface area contributed by atoms with Crippen molar-refractivity contribution in [2.24, 2.45) is 0 Å². The predicted molar refractivity (Wildman–Crippen MR) is 97.6 cm³/mol. The summed E-state index contributed by atoms with van der Waals surface area (Å²) >= 11 is 0. The second kappa shape index (κ2) is 8.34. The van der Waals surface area contributed by atoms with Gasteiger partial charge in [0.05, 0.1) is 6.54 Å². The standard InChI is InChI=1S/C19H29N3O3/c1-5-22(12-18(23)24)17-9-16(10-17)20-19(25)21(4)11-15-8-6-7-13(2)14(15)3/h6-8,16-17H,5,9-12H2,1-4H3,(H,20,25)(H,23,24). The number of rotatable bonds is 7. The molecule has 138 valence electrons. The molecule has 0 atom stereocenters.